The minimum atomic E-state index is -0.370. The minimum Gasteiger partial charge on any atom is -0.370 e. The highest BCUT2D eigenvalue weighted by Crippen LogP contribution is 2.10. The number of hydrogen-bond donors (Lipinski definition) is 1. The van der Waals surface area contributed by atoms with E-state index in [1.165, 1.54) is 4.90 Å². The number of carbonyl (C=O) groups is 1. The van der Waals surface area contributed by atoms with E-state index in [1.807, 2.05) is 44.2 Å². The van der Waals surface area contributed by atoms with Crippen LogP contribution in [0, 0.1) is 0 Å². The summed E-state index contributed by atoms with van der Waals surface area (Å²) in [4.78, 5) is 13.8. The molecule has 0 bridgehead atoms. The molecule has 0 amide bonds. The number of nitrogens with one attached hydrogen (secondary N) is 1. The van der Waals surface area contributed by atoms with Gasteiger partial charge < -0.3 is 9.64 Å². The molecule has 1 aliphatic rings. The number of morpholine rings is 1. The molecule has 1 saturated heterocycles. The molecular weight excluding hydrogens is 214 g/mol. The summed E-state index contributed by atoms with van der Waals surface area (Å²) in [7, 11) is 0. The Morgan fingerprint density at radius 3 is 2.35 bits per heavy atom. The Bertz CT molecular complexity index is 380. The van der Waals surface area contributed by atoms with Gasteiger partial charge in [0.1, 0.15) is 13.1 Å². The van der Waals surface area contributed by atoms with E-state index in [-0.39, 0.29) is 11.3 Å². The Labute approximate surface area is 102 Å². The number of rotatable bonds is 3. The van der Waals surface area contributed by atoms with E-state index in [9.17, 15) is 4.79 Å². The van der Waals surface area contributed by atoms with Crippen LogP contribution in [0.15, 0.2) is 30.3 Å². The number of carbonyl (C=O) groups excluding carboxylic acids is 1. The maximum absolute atomic E-state index is 12.5. The Morgan fingerprint density at radius 1 is 1.18 bits per heavy atom. The van der Waals surface area contributed by atoms with Crippen LogP contribution in [0.4, 0.5) is 0 Å². The van der Waals surface area contributed by atoms with Gasteiger partial charge in [0.15, 0.2) is 5.54 Å². The molecular formula is C14H20NO2+. The molecule has 92 valence electrons. The van der Waals surface area contributed by atoms with E-state index < -0.39 is 0 Å². The van der Waals surface area contributed by atoms with Gasteiger partial charge in [-0.25, -0.2) is 0 Å². The second kappa shape index (κ2) is 4.98. The van der Waals surface area contributed by atoms with Crippen molar-refractivity contribution in [2.45, 2.75) is 19.4 Å². The van der Waals surface area contributed by atoms with Crippen LogP contribution in [0.25, 0.3) is 0 Å². The van der Waals surface area contributed by atoms with Crippen LogP contribution in [-0.2, 0) is 4.74 Å². The number of Topliss-reactive ketones (excluding diaryl/α,β-unsaturated/α-hetero) is 1. The van der Waals surface area contributed by atoms with Crippen LogP contribution in [0.2, 0.25) is 0 Å². The van der Waals surface area contributed by atoms with Crippen molar-refractivity contribution in [2.75, 3.05) is 26.3 Å². The van der Waals surface area contributed by atoms with Crippen LogP contribution in [0.1, 0.15) is 24.2 Å². The molecule has 3 heteroatoms. The average molecular weight is 234 g/mol. The Hall–Kier alpha value is -1.19. The van der Waals surface area contributed by atoms with Crippen LogP contribution in [0.3, 0.4) is 0 Å². The summed E-state index contributed by atoms with van der Waals surface area (Å²) in [5, 5.41) is 0. The van der Waals surface area contributed by atoms with Crippen LogP contribution < -0.4 is 4.90 Å². The summed E-state index contributed by atoms with van der Waals surface area (Å²) in [5.41, 5.74) is 0.432. The molecule has 1 N–H and O–H groups in total. The van der Waals surface area contributed by atoms with Gasteiger partial charge in [-0.2, -0.15) is 0 Å². The van der Waals surface area contributed by atoms with E-state index in [1.54, 1.807) is 0 Å². The van der Waals surface area contributed by atoms with Gasteiger partial charge in [0.2, 0.25) is 5.78 Å². The lowest BCUT2D eigenvalue weighted by Crippen LogP contribution is -3.22. The molecule has 1 heterocycles. The molecule has 0 aromatic heterocycles. The van der Waals surface area contributed by atoms with Gasteiger partial charge in [-0.1, -0.05) is 30.3 Å². The third kappa shape index (κ3) is 2.56. The lowest BCUT2D eigenvalue weighted by Gasteiger charge is -2.36. The average Bonchev–Trinajstić information content (AvgIpc) is 2.40. The molecule has 0 unspecified atom stereocenters. The molecule has 0 saturated carbocycles. The van der Waals surface area contributed by atoms with Crippen molar-refractivity contribution in [1.82, 2.24) is 0 Å². The van der Waals surface area contributed by atoms with Crippen molar-refractivity contribution >= 4 is 5.78 Å². The molecule has 3 nitrogen and oxygen atoms in total. The molecule has 1 aromatic carbocycles. The minimum absolute atomic E-state index is 0.218. The summed E-state index contributed by atoms with van der Waals surface area (Å²) in [6.07, 6.45) is 0. The third-order valence-electron chi connectivity index (χ3n) is 3.58. The van der Waals surface area contributed by atoms with E-state index in [2.05, 4.69) is 0 Å². The van der Waals surface area contributed by atoms with Gasteiger partial charge in [0.25, 0.3) is 0 Å². The quantitative estimate of drug-likeness (QED) is 0.775. The Balaban J connectivity index is 2.17. The number of hydrogen-bond acceptors (Lipinski definition) is 2. The lowest BCUT2D eigenvalue weighted by molar-refractivity contribution is -0.944. The zero-order valence-corrected chi connectivity index (χ0v) is 10.5. The van der Waals surface area contributed by atoms with Gasteiger partial charge in [-0.05, 0) is 13.8 Å². The summed E-state index contributed by atoms with van der Waals surface area (Å²) < 4.78 is 5.35. The predicted octanol–water partition coefficient (Wildman–Crippen LogP) is 0.563. The first kappa shape index (κ1) is 12.3. The van der Waals surface area contributed by atoms with Crippen molar-refractivity contribution in [1.29, 1.82) is 0 Å². The summed E-state index contributed by atoms with van der Waals surface area (Å²) >= 11 is 0. The highest BCUT2D eigenvalue weighted by molar-refractivity contribution is 6.01. The molecule has 0 aliphatic carbocycles. The number of quaternary nitrogens is 1. The van der Waals surface area contributed by atoms with Crippen LogP contribution in [-0.4, -0.2) is 37.6 Å². The topological polar surface area (TPSA) is 30.7 Å². The smallest absolute Gasteiger partial charge is 0.222 e. The molecule has 1 aromatic rings. The molecule has 17 heavy (non-hydrogen) atoms. The Morgan fingerprint density at radius 2 is 1.76 bits per heavy atom. The number of ketones is 1. The van der Waals surface area contributed by atoms with Gasteiger partial charge in [0, 0.05) is 5.56 Å². The van der Waals surface area contributed by atoms with Gasteiger partial charge in [-0.3, -0.25) is 4.79 Å². The number of benzene rings is 1. The van der Waals surface area contributed by atoms with Gasteiger partial charge in [-0.15, -0.1) is 0 Å². The fourth-order valence-corrected chi connectivity index (χ4v) is 2.35. The maximum Gasteiger partial charge on any atom is 0.222 e. The van der Waals surface area contributed by atoms with E-state index in [4.69, 9.17) is 4.74 Å². The van der Waals surface area contributed by atoms with Gasteiger partial charge in [0.05, 0.1) is 13.2 Å². The number of ether oxygens (including phenoxy) is 1. The molecule has 1 fully saturated rings. The molecule has 0 radical (unpaired) electrons. The normalized spacial score (nSPS) is 18.0. The third-order valence-corrected chi connectivity index (χ3v) is 3.58. The predicted molar refractivity (Wildman–Crippen MR) is 66.4 cm³/mol. The van der Waals surface area contributed by atoms with Crippen molar-refractivity contribution < 1.29 is 14.4 Å². The highest BCUT2D eigenvalue weighted by Gasteiger charge is 2.39. The SMILES string of the molecule is CC(C)(C(=O)c1ccccc1)[NH+]1CCOCC1. The molecule has 0 spiro atoms. The second-order valence-corrected chi connectivity index (χ2v) is 5.04. The Kier molecular flexibility index (Phi) is 3.60. The lowest BCUT2D eigenvalue weighted by atomic mass is 9.91. The summed E-state index contributed by atoms with van der Waals surface area (Å²) in [6.45, 7) is 7.38. The summed E-state index contributed by atoms with van der Waals surface area (Å²) in [5.74, 6) is 0.218. The molecule has 1 aliphatic heterocycles. The molecule has 0 atom stereocenters. The summed E-state index contributed by atoms with van der Waals surface area (Å²) in [6, 6.07) is 9.55. The zero-order chi connectivity index (χ0) is 12.3. The van der Waals surface area contributed by atoms with E-state index >= 15 is 0 Å². The standard InChI is InChI=1S/C14H19NO2/c1-14(2,15-8-10-17-11-9-15)13(16)12-6-4-3-5-7-12/h3-7H,8-11H2,1-2H3/p+1. The first-order valence-corrected chi connectivity index (χ1v) is 6.15. The monoisotopic (exact) mass is 234 g/mol. The van der Waals surface area contributed by atoms with E-state index in [0.29, 0.717) is 0 Å². The fraction of sp³-hybridized carbons (Fsp3) is 0.500. The molecule has 2 rings (SSSR count). The van der Waals surface area contributed by atoms with Crippen molar-refractivity contribution in [3.63, 3.8) is 0 Å². The zero-order valence-electron chi connectivity index (χ0n) is 10.5. The van der Waals surface area contributed by atoms with Gasteiger partial charge >= 0.3 is 0 Å². The van der Waals surface area contributed by atoms with Crippen LogP contribution in [0.5, 0.6) is 0 Å². The van der Waals surface area contributed by atoms with E-state index in [0.717, 1.165) is 31.9 Å². The largest absolute Gasteiger partial charge is 0.370 e. The highest BCUT2D eigenvalue weighted by atomic mass is 16.5. The van der Waals surface area contributed by atoms with Crippen LogP contribution >= 0.6 is 0 Å². The van der Waals surface area contributed by atoms with Crippen molar-refractivity contribution in [3.05, 3.63) is 35.9 Å². The fourth-order valence-electron chi connectivity index (χ4n) is 2.35. The van der Waals surface area contributed by atoms with Crippen molar-refractivity contribution in [2.24, 2.45) is 0 Å². The first-order valence-electron chi connectivity index (χ1n) is 6.15. The second-order valence-electron chi connectivity index (χ2n) is 5.04. The first-order chi connectivity index (χ1) is 8.12. The van der Waals surface area contributed by atoms with Crippen molar-refractivity contribution in [3.8, 4) is 0 Å². The maximum atomic E-state index is 12.5.